The third-order valence-corrected chi connectivity index (χ3v) is 3.00. The van der Waals surface area contributed by atoms with Crippen molar-refractivity contribution in [3.63, 3.8) is 0 Å². The van der Waals surface area contributed by atoms with Crippen molar-refractivity contribution in [1.82, 2.24) is 0 Å². The van der Waals surface area contributed by atoms with E-state index in [1.54, 1.807) is 0 Å². The van der Waals surface area contributed by atoms with E-state index in [9.17, 15) is 0 Å². The molecule has 1 aliphatic rings. The second-order valence-corrected chi connectivity index (χ2v) is 4.78. The Morgan fingerprint density at radius 2 is 1.57 bits per heavy atom. The molecule has 0 aliphatic heterocycles. The largest absolute Gasteiger partial charge is 0.481 e. The molecular formula is C12H24O2. The lowest BCUT2D eigenvalue weighted by molar-refractivity contribution is -0.134. The Hall–Kier alpha value is -0.530. The number of carboxylic acid groups (broad SMARTS) is 1. The van der Waals surface area contributed by atoms with Crippen molar-refractivity contribution in [2.45, 2.75) is 53.4 Å². The van der Waals surface area contributed by atoms with Crippen LogP contribution in [0.15, 0.2) is 0 Å². The van der Waals surface area contributed by atoms with E-state index in [4.69, 9.17) is 9.90 Å². The van der Waals surface area contributed by atoms with Gasteiger partial charge in [0.1, 0.15) is 0 Å². The molecule has 0 spiro atoms. The van der Waals surface area contributed by atoms with Gasteiger partial charge in [-0.05, 0) is 30.6 Å². The molecule has 0 saturated heterocycles. The van der Waals surface area contributed by atoms with E-state index >= 15 is 0 Å². The molecule has 0 bridgehead atoms. The highest BCUT2D eigenvalue weighted by atomic mass is 16.4. The molecule has 0 unspecified atom stereocenters. The van der Waals surface area contributed by atoms with Gasteiger partial charge in [0.25, 0.3) is 5.97 Å². The van der Waals surface area contributed by atoms with Gasteiger partial charge in [-0.3, -0.25) is 4.79 Å². The molecule has 0 atom stereocenters. The highest BCUT2D eigenvalue weighted by Gasteiger charge is 2.19. The van der Waals surface area contributed by atoms with Crippen molar-refractivity contribution in [2.75, 3.05) is 0 Å². The Morgan fingerprint density at radius 1 is 1.21 bits per heavy atom. The minimum absolute atomic E-state index is 0.833. The summed E-state index contributed by atoms with van der Waals surface area (Å²) < 4.78 is 0. The number of hydrogen-bond donors (Lipinski definition) is 1. The average molecular weight is 200 g/mol. The molecule has 0 radical (unpaired) electrons. The quantitative estimate of drug-likeness (QED) is 0.702. The van der Waals surface area contributed by atoms with Crippen molar-refractivity contribution in [1.29, 1.82) is 0 Å². The Bertz CT molecular complexity index is 152. The maximum absolute atomic E-state index is 9.00. The number of carbonyl (C=O) groups is 1. The molecule has 2 heteroatoms. The molecule has 0 heterocycles. The van der Waals surface area contributed by atoms with E-state index in [1.165, 1.54) is 25.7 Å². The summed E-state index contributed by atoms with van der Waals surface area (Å²) in [6.45, 7) is 8.19. The highest BCUT2D eigenvalue weighted by molar-refractivity contribution is 5.62. The Balaban J connectivity index is 0.000000364. The van der Waals surface area contributed by atoms with Crippen molar-refractivity contribution in [3.8, 4) is 0 Å². The lowest BCUT2D eigenvalue weighted by atomic mass is 9.78. The van der Waals surface area contributed by atoms with E-state index in [2.05, 4.69) is 20.8 Å². The maximum Gasteiger partial charge on any atom is 0.300 e. The molecule has 0 aromatic carbocycles. The standard InChI is InChI=1S/C10H20.C2H4O2/c1-8(2)10-6-4-9(3)5-7-10;1-2(3)4/h8-10H,4-7H2,1-3H3;1H3,(H,3,4). The predicted octanol–water partition coefficient (Wildman–Crippen LogP) is 3.56. The fourth-order valence-electron chi connectivity index (χ4n) is 1.95. The summed E-state index contributed by atoms with van der Waals surface area (Å²) in [5, 5.41) is 7.42. The molecule has 1 aliphatic carbocycles. The van der Waals surface area contributed by atoms with Gasteiger partial charge in [0, 0.05) is 6.92 Å². The fraction of sp³-hybridized carbons (Fsp3) is 0.917. The molecule has 2 nitrogen and oxygen atoms in total. The number of rotatable bonds is 1. The zero-order valence-corrected chi connectivity index (χ0v) is 9.92. The highest BCUT2D eigenvalue weighted by Crippen LogP contribution is 2.32. The van der Waals surface area contributed by atoms with Gasteiger partial charge >= 0.3 is 0 Å². The summed E-state index contributed by atoms with van der Waals surface area (Å²) in [4.78, 5) is 9.00. The van der Waals surface area contributed by atoms with Crippen LogP contribution in [0, 0.1) is 17.8 Å². The maximum atomic E-state index is 9.00. The smallest absolute Gasteiger partial charge is 0.300 e. The average Bonchev–Trinajstić information content (AvgIpc) is 2.03. The van der Waals surface area contributed by atoms with Gasteiger partial charge in [-0.25, -0.2) is 0 Å². The Labute approximate surface area is 87.7 Å². The number of hydrogen-bond acceptors (Lipinski definition) is 1. The molecule has 1 fully saturated rings. The van der Waals surface area contributed by atoms with E-state index in [1.807, 2.05) is 0 Å². The van der Waals surface area contributed by atoms with Gasteiger partial charge in [0.15, 0.2) is 0 Å². The van der Waals surface area contributed by atoms with Crippen molar-refractivity contribution < 1.29 is 9.90 Å². The number of aliphatic carboxylic acids is 1. The molecule has 0 aromatic heterocycles. The Morgan fingerprint density at radius 3 is 1.86 bits per heavy atom. The summed E-state index contributed by atoms with van der Waals surface area (Å²) in [6.07, 6.45) is 5.92. The first-order valence-corrected chi connectivity index (χ1v) is 5.63. The molecule has 1 N–H and O–H groups in total. The molecule has 84 valence electrons. The summed E-state index contributed by atoms with van der Waals surface area (Å²) >= 11 is 0. The van der Waals surface area contributed by atoms with E-state index in [-0.39, 0.29) is 0 Å². The van der Waals surface area contributed by atoms with Crippen LogP contribution in [-0.4, -0.2) is 11.1 Å². The van der Waals surface area contributed by atoms with Crippen LogP contribution >= 0.6 is 0 Å². The summed E-state index contributed by atoms with van der Waals surface area (Å²) in [5.74, 6) is 2.14. The van der Waals surface area contributed by atoms with Crippen molar-refractivity contribution >= 4 is 5.97 Å². The van der Waals surface area contributed by atoms with Gasteiger partial charge in [-0.15, -0.1) is 0 Å². The second kappa shape index (κ2) is 6.86. The van der Waals surface area contributed by atoms with Crippen LogP contribution in [0.25, 0.3) is 0 Å². The van der Waals surface area contributed by atoms with Gasteiger partial charge in [0.2, 0.25) is 0 Å². The molecule has 0 amide bonds. The van der Waals surface area contributed by atoms with Crippen molar-refractivity contribution in [2.24, 2.45) is 17.8 Å². The zero-order valence-electron chi connectivity index (χ0n) is 9.92. The molecular weight excluding hydrogens is 176 g/mol. The van der Waals surface area contributed by atoms with E-state index < -0.39 is 5.97 Å². The first-order chi connectivity index (χ1) is 6.43. The van der Waals surface area contributed by atoms with Gasteiger partial charge < -0.3 is 5.11 Å². The van der Waals surface area contributed by atoms with Crippen LogP contribution < -0.4 is 0 Å². The van der Waals surface area contributed by atoms with Gasteiger partial charge in [-0.2, -0.15) is 0 Å². The fourth-order valence-corrected chi connectivity index (χ4v) is 1.95. The molecule has 1 rings (SSSR count). The lowest BCUT2D eigenvalue weighted by Crippen LogP contribution is -2.16. The topological polar surface area (TPSA) is 37.3 Å². The lowest BCUT2D eigenvalue weighted by Gasteiger charge is -2.28. The molecule has 14 heavy (non-hydrogen) atoms. The predicted molar refractivity (Wildman–Crippen MR) is 59.3 cm³/mol. The van der Waals surface area contributed by atoms with Gasteiger partial charge in [-0.1, -0.05) is 33.6 Å². The van der Waals surface area contributed by atoms with E-state index in [0.717, 1.165) is 24.7 Å². The third kappa shape index (κ3) is 6.93. The minimum atomic E-state index is -0.833. The first kappa shape index (κ1) is 13.5. The summed E-state index contributed by atoms with van der Waals surface area (Å²) in [7, 11) is 0. The van der Waals surface area contributed by atoms with Crippen molar-refractivity contribution in [3.05, 3.63) is 0 Å². The van der Waals surface area contributed by atoms with Crippen LogP contribution in [0.4, 0.5) is 0 Å². The normalized spacial score (nSPS) is 26.6. The molecule has 1 saturated carbocycles. The van der Waals surface area contributed by atoms with E-state index in [0.29, 0.717) is 0 Å². The zero-order chi connectivity index (χ0) is 11.1. The van der Waals surface area contributed by atoms with Crippen LogP contribution in [-0.2, 0) is 4.79 Å². The minimum Gasteiger partial charge on any atom is -0.481 e. The van der Waals surface area contributed by atoms with Crippen LogP contribution in [0.3, 0.4) is 0 Å². The monoisotopic (exact) mass is 200 g/mol. The SMILES string of the molecule is CC(=O)O.CC1CCC(C(C)C)CC1. The Kier molecular flexibility index (Phi) is 6.60. The summed E-state index contributed by atoms with van der Waals surface area (Å²) in [6, 6.07) is 0. The van der Waals surface area contributed by atoms with Crippen LogP contribution in [0.5, 0.6) is 0 Å². The van der Waals surface area contributed by atoms with Crippen LogP contribution in [0.1, 0.15) is 53.4 Å². The summed E-state index contributed by atoms with van der Waals surface area (Å²) in [5.41, 5.74) is 0. The second-order valence-electron chi connectivity index (χ2n) is 4.78. The third-order valence-electron chi connectivity index (χ3n) is 3.00. The van der Waals surface area contributed by atoms with Crippen LogP contribution in [0.2, 0.25) is 0 Å². The molecule has 0 aromatic rings. The first-order valence-electron chi connectivity index (χ1n) is 5.63. The van der Waals surface area contributed by atoms with Gasteiger partial charge in [0.05, 0.1) is 0 Å². The number of carboxylic acids is 1.